The van der Waals surface area contributed by atoms with Crippen LogP contribution in [0, 0.1) is 0 Å². The molecule has 0 atom stereocenters. The van der Waals surface area contributed by atoms with E-state index < -0.39 is 5.91 Å². The van der Waals surface area contributed by atoms with Crippen molar-refractivity contribution in [3.05, 3.63) is 139 Å². The van der Waals surface area contributed by atoms with Gasteiger partial charge in [-0.05, 0) is 84.9 Å². The number of para-hydroxylation sites is 3. The number of nitrogens with one attached hydrogen (secondary N) is 2. The first kappa shape index (κ1) is 24.6. The lowest BCUT2D eigenvalue weighted by molar-refractivity contribution is 0.101. The average Bonchev–Trinajstić information content (AvgIpc) is 3.00. The third kappa shape index (κ3) is 5.89. The van der Waals surface area contributed by atoms with E-state index in [0.717, 1.165) is 22.6 Å². The van der Waals surface area contributed by atoms with Crippen molar-refractivity contribution in [2.24, 2.45) is 0 Å². The Labute approximate surface area is 231 Å². The number of carbonyl (C=O) groups is 1. The maximum atomic E-state index is 13.1. The van der Waals surface area contributed by atoms with Crippen LogP contribution >= 0.6 is 0 Å². The number of aromatic nitrogens is 2. The van der Waals surface area contributed by atoms with Crippen molar-refractivity contribution in [3.63, 3.8) is 0 Å². The van der Waals surface area contributed by atoms with Crippen molar-refractivity contribution in [3.8, 4) is 23.0 Å². The van der Waals surface area contributed by atoms with Crippen LogP contribution in [-0.2, 0) is 0 Å². The van der Waals surface area contributed by atoms with Crippen LogP contribution in [0.3, 0.4) is 0 Å². The van der Waals surface area contributed by atoms with E-state index in [1.807, 2.05) is 109 Å². The predicted octanol–water partition coefficient (Wildman–Crippen LogP) is 8.21. The molecule has 40 heavy (non-hydrogen) atoms. The molecule has 0 spiro atoms. The van der Waals surface area contributed by atoms with Gasteiger partial charge in [0.25, 0.3) is 5.91 Å². The maximum absolute atomic E-state index is 13.1. The van der Waals surface area contributed by atoms with Gasteiger partial charge in [-0.1, -0.05) is 48.5 Å². The van der Waals surface area contributed by atoms with Crippen LogP contribution in [0.15, 0.2) is 133 Å². The highest BCUT2D eigenvalue weighted by Crippen LogP contribution is 2.28. The van der Waals surface area contributed by atoms with E-state index in [-0.39, 0.29) is 5.82 Å². The summed E-state index contributed by atoms with van der Waals surface area (Å²) >= 11 is 0. The quantitative estimate of drug-likeness (QED) is 0.209. The minimum Gasteiger partial charge on any atom is -0.457 e. The van der Waals surface area contributed by atoms with E-state index in [1.54, 1.807) is 24.3 Å². The number of nitrogens with zero attached hydrogens (tertiary/aromatic N) is 2. The molecule has 5 aromatic carbocycles. The van der Waals surface area contributed by atoms with Crippen molar-refractivity contribution in [2.45, 2.75) is 0 Å². The van der Waals surface area contributed by atoms with Gasteiger partial charge in [0, 0.05) is 16.8 Å². The number of amides is 1. The summed E-state index contributed by atoms with van der Waals surface area (Å²) in [5.74, 6) is 3.04. The summed E-state index contributed by atoms with van der Waals surface area (Å²) in [5.41, 5.74) is 2.05. The Morgan fingerprint density at radius 1 is 0.525 bits per heavy atom. The largest absolute Gasteiger partial charge is 0.457 e. The van der Waals surface area contributed by atoms with E-state index in [1.165, 1.54) is 0 Å². The molecule has 1 amide bonds. The number of hydrogen-bond donors (Lipinski definition) is 2. The molecule has 194 valence electrons. The van der Waals surface area contributed by atoms with Gasteiger partial charge in [-0.3, -0.25) is 4.79 Å². The molecule has 0 saturated carbocycles. The topological polar surface area (TPSA) is 85.4 Å². The molecule has 0 aliphatic rings. The Morgan fingerprint density at radius 2 is 1.02 bits per heavy atom. The van der Waals surface area contributed by atoms with Gasteiger partial charge in [0.2, 0.25) is 5.82 Å². The van der Waals surface area contributed by atoms with Gasteiger partial charge in [0.15, 0.2) is 0 Å². The third-order valence-corrected chi connectivity index (χ3v) is 5.99. The molecule has 1 heterocycles. The number of carbonyl (C=O) groups excluding carboxylic acids is 1. The molecule has 6 aromatic rings. The highest BCUT2D eigenvalue weighted by molar-refractivity contribution is 6.04. The maximum Gasteiger partial charge on any atom is 0.293 e. The molecule has 2 N–H and O–H groups in total. The van der Waals surface area contributed by atoms with Crippen molar-refractivity contribution in [2.75, 3.05) is 10.6 Å². The predicted molar refractivity (Wildman–Crippen MR) is 157 cm³/mol. The molecule has 1 aromatic heterocycles. The number of rotatable bonds is 8. The summed E-state index contributed by atoms with van der Waals surface area (Å²) in [4.78, 5) is 22.2. The first-order valence-corrected chi connectivity index (χ1v) is 12.7. The fraction of sp³-hybridized carbons (Fsp3) is 0. The molecular formula is C33H24N4O3. The van der Waals surface area contributed by atoms with Gasteiger partial charge >= 0.3 is 0 Å². The van der Waals surface area contributed by atoms with E-state index >= 15 is 0 Å². The van der Waals surface area contributed by atoms with Gasteiger partial charge in [0.1, 0.15) is 28.8 Å². The minimum atomic E-state index is -0.419. The molecule has 7 heteroatoms. The van der Waals surface area contributed by atoms with Crippen molar-refractivity contribution in [1.82, 2.24) is 9.97 Å². The van der Waals surface area contributed by atoms with E-state index in [0.29, 0.717) is 28.5 Å². The van der Waals surface area contributed by atoms with Crippen LogP contribution in [0.2, 0.25) is 0 Å². The second-order valence-corrected chi connectivity index (χ2v) is 8.87. The van der Waals surface area contributed by atoms with Crippen LogP contribution in [0.5, 0.6) is 23.0 Å². The highest BCUT2D eigenvalue weighted by Gasteiger charge is 2.15. The smallest absolute Gasteiger partial charge is 0.293 e. The molecule has 0 bridgehead atoms. The number of ether oxygens (including phenoxy) is 2. The monoisotopic (exact) mass is 524 g/mol. The van der Waals surface area contributed by atoms with Gasteiger partial charge in [0.05, 0.1) is 5.52 Å². The first-order chi connectivity index (χ1) is 19.7. The standard InChI is InChI=1S/C33H24N4O3/c38-33(35-24-17-21-28(22-18-24)40-26-11-5-2-6-12-26)32-36-30-14-8-7-13-29(30)31(37-32)34-23-15-19-27(20-16-23)39-25-9-3-1-4-10-25/h1-22H,(H,35,38)(H,34,36,37). The molecule has 0 radical (unpaired) electrons. The Morgan fingerprint density at radius 3 is 1.62 bits per heavy atom. The lowest BCUT2D eigenvalue weighted by Crippen LogP contribution is -2.16. The Bertz CT molecular complexity index is 1740. The number of anilines is 3. The van der Waals surface area contributed by atoms with Crippen LogP contribution in [0.25, 0.3) is 10.9 Å². The molecule has 0 unspecified atom stereocenters. The molecule has 0 aliphatic carbocycles. The highest BCUT2D eigenvalue weighted by atomic mass is 16.5. The van der Waals surface area contributed by atoms with E-state index in [4.69, 9.17) is 9.47 Å². The minimum absolute atomic E-state index is 0.0508. The Hall–Kier alpha value is -5.69. The third-order valence-electron chi connectivity index (χ3n) is 5.99. The fourth-order valence-electron chi connectivity index (χ4n) is 4.06. The van der Waals surface area contributed by atoms with Crippen LogP contribution in [0.1, 0.15) is 10.6 Å². The molecule has 0 saturated heterocycles. The van der Waals surface area contributed by atoms with Crippen LogP contribution in [-0.4, -0.2) is 15.9 Å². The van der Waals surface area contributed by atoms with Gasteiger partial charge in [-0.2, -0.15) is 0 Å². The Kier molecular flexibility index (Phi) is 7.00. The van der Waals surface area contributed by atoms with E-state index in [9.17, 15) is 4.79 Å². The molecule has 6 rings (SSSR count). The second kappa shape index (κ2) is 11.4. The van der Waals surface area contributed by atoms with Crippen LogP contribution < -0.4 is 20.1 Å². The molecule has 0 fully saturated rings. The fourth-order valence-corrected chi connectivity index (χ4v) is 4.06. The first-order valence-electron chi connectivity index (χ1n) is 12.7. The summed E-state index contributed by atoms with van der Waals surface area (Å²) in [5, 5.41) is 6.99. The van der Waals surface area contributed by atoms with E-state index in [2.05, 4.69) is 20.6 Å². The second-order valence-electron chi connectivity index (χ2n) is 8.87. The Balaban J connectivity index is 1.19. The van der Waals surface area contributed by atoms with Crippen molar-refractivity contribution in [1.29, 1.82) is 0 Å². The van der Waals surface area contributed by atoms with Crippen molar-refractivity contribution < 1.29 is 14.3 Å². The van der Waals surface area contributed by atoms with Gasteiger partial charge in [-0.25, -0.2) is 9.97 Å². The normalized spacial score (nSPS) is 10.6. The molecule has 0 aliphatic heterocycles. The van der Waals surface area contributed by atoms with Crippen molar-refractivity contribution >= 4 is 34.0 Å². The number of hydrogen-bond acceptors (Lipinski definition) is 6. The summed E-state index contributed by atoms with van der Waals surface area (Å²) < 4.78 is 11.7. The zero-order chi connectivity index (χ0) is 27.1. The summed E-state index contributed by atoms with van der Waals surface area (Å²) in [6, 6.07) is 41.3. The van der Waals surface area contributed by atoms with Gasteiger partial charge < -0.3 is 20.1 Å². The van der Waals surface area contributed by atoms with Crippen LogP contribution in [0.4, 0.5) is 17.2 Å². The average molecular weight is 525 g/mol. The lowest BCUT2D eigenvalue weighted by atomic mass is 10.2. The van der Waals surface area contributed by atoms with Gasteiger partial charge in [-0.15, -0.1) is 0 Å². The molecule has 7 nitrogen and oxygen atoms in total. The lowest BCUT2D eigenvalue weighted by Gasteiger charge is -2.12. The zero-order valence-corrected chi connectivity index (χ0v) is 21.3. The summed E-state index contributed by atoms with van der Waals surface area (Å²) in [6.45, 7) is 0. The zero-order valence-electron chi connectivity index (χ0n) is 21.3. The molecular weight excluding hydrogens is 500 g/mol. The summed E-state index contributed by atoms with van der Waals surface area (Å²) in [6.07, 6.45) is 0. The number of fused-ring (bicyclic) bond motifs is 1. The summed E-state index contributed by atoms with van der Waals surface area (Å²) in [7, 11) is 0. The SMILES string of the molecule is O=C(Nc1ccc(Oc2ccccc2)cc1)c1nc(Nc2ccc(Oc3ccccc3)cc2)c2ccccc2n1. The number of benzene rings is 5.